The van der Waals surface area contributed by atoms with Crippen molar-refractivity contribution in [3.8, 4) is 0 Å². The summed E-state index contributed by atoms with van der Waals surface area (Å²) in [5.74, 6) is -0.312. The van der Waals surface area contributed by atoms with Crippen LogP contribution >= 0.6 is 23.6 Å². The number of hydrazine groups is 1. The molecule has 0 aliphatic heterocycles. The summed E-state index contributed by atoms with van der Waals surface area (Å²) >= 11 is 6.54. The minimum Gasteiger partial charge on any atom is -0.331 e. The number of rotatable bonds is 8. The first-order valence-corrected chi connectivity index (χ1v) is 9.88. The fourth-order valence-corrected chi connectivity index (χ4v) is 3.14. The van der Waals surface area contributed by atoms with E-state index in [0.717, 1.165) is 12.1 Å². The maximum Gasteiger partial charge on any atom is 0.238 e. The Balaban J connectivity index is 1.67. The fourth-order valence-electron chi connectivity index (χ4n) is 2.27. The standard InChI is InChI=1S/C19H23N3O2S2/c1-2-3-5-14-7-9-15(10-8-14)20-19(25)22-21-18(24)12-11-16(23)17-6-4-13-26-17/h4,6-10,13H,2-3,5,11-12H2,1H3,(H,21,24)(H2,20,22,25). The predicted molar refractivity (Wildman–Crippen MR) is 110 cm³/mol. The van der Waals surface area contributed by atoms with E-state index in [9.17, 15) is 9.59 Å². The van der Waals surface area contributed by atoms with E-state index >= 15 is 0 Å². The molecular formula is C19H23N3O2S2. The molecule has 0 atom stereocenters. The number of thiocarbonyl (C=S) groups is 1. The molecule has 0 fully saturated rings. The van der Waals surface area contributed by atoms with Crippen molar-refractivity contribution >= 4 is 46.0 Å². The van der Waals surface area contributed by atoms with Crippen LogP contribution in [0.3, 0.4) is 0 Å². The Morgan fingerprint density at radius 2 is 1.85 bits per heavy atom. The molecule has 0 radical (unpaired) electrons. The molecule has 3 N–H and O–H groups in total. The fraction of sp³-hybridized carbons (Fsp3) is 0.316. The van der Waals surface area contributed by atoms with Gasteiger partial charge in [-0.15, -0.1) is 11.3 Å². The van der Waals surface area contributed by atoms with Crippen molar-refractivity contribution in [3.63, 3.8) is 0 Å². The quantitative estimate of drug-likeness (QED) is 0.361. The van der Waals surface area contributed by atoms with Crippen LogP contribution in [0.25, 0.3) is 0 Å². The minimum atomic E-state index is -0.283. The smallest absolute Gasteiger partial charge is 0.238 e. The Bertz CT molecular complexity index is 728. The van der Waals surface area contributed by atoms with Crippen molar-refractivity contribution in [3.05, 3.63) is 52.2 Å². The topological polar surface area (TPSA) is 70.2 Å². The maximum absolute atomic E-state index is 11.9. The Hall–Kier alpha value is -2.25. The average molecular weight is 390 g/mol. The van der Waals surface area contributed by atoms with Crippen molar-refractivity contribution in [2.45, 2.75) is 39.0 Å². The highest BCUT2D eigenvalue weighted by molar-refractivity contribution is 7.80. The Kier molecular flexibility index (Phi) is 8.24. The van der Waals surface area contributed by atoms with Crippen LogP contribution in [0.4, 0.5) is 5.69 Å². The third-order valence-electron chi connectivity index (χ3n) is 3.72. The van der Waals surface area contributed by atoms with Gasteiger partial charge in [0.2, 0.25) is 5.91 Å². The van der Waals surface area contributed by atoms with Gasteiger partial charge in [0.15, 0.2) is 10.9 Å². The highest BCUT2D eigenvalue weighted by Crippen LogP contribution is 2.13. The van der Waals surface area contributed by atoms with Crippen molar-refractivity contribution in [2.75, 3.05) is 5.32 Å². The number of benzene rings is 1. The van der Waals surface area contributed by atoms with Crippen LogP contribution in [-0.2, 0) is 11.2 Å². The molecule has 2 aromatic rings. The number of hydrogen-bond donors (Lipinski definition) is 3. The zero-order valence-corrected chi connectivity index (χ0v) is 16.3. The second-order valence-corrected chi connectivity index (χ2v) is 7.18. The van der Waals surface area contributed by atoms with E-state index in [-0.39, 0.29) is 24.5 Å². The number of anilines is 1. The summed E-state index contributed by atoms with van der Waals surface area (Å²) in [6, 6.07) is 11.6. The van der Waals surface area contributed by atoms with E-state index in [0.29, 0.717) is 9.99 Å². The second kappa shape index (κ2) is 10.7. The largest absolute Gasteiger partial charge is 0.331 e. The van der Waals surface area contributed by atoms with Crippen molar-refractivity contribution < 1.29 is 9.59 Å². The van der Waals surface area contributed by atoms with E-state index in [1.54, 1.807) is 6.07 Å². The van der Waals surface area contributed by atoms with Crippen LogP contribution in [0.2, 0.25) is 0 Å². The Labute approximate surface area is 163 Å². The van der Waals surface area contributed by atoms with Crippen LogP contribution in [-0.4, -0.2) is 16.8 Å². The number of ketones is 1. The number of nitrogens with one attached hydrogen (secondary N) is 3. The summed E-state index contributed by atoms with van der Waals surface area (Å²) in [5.41, 5.74) is 7.29. The molecule has 0 spiro atoms. The van der Waals surface area contributed by atoms with E-state index in [1.165, 1.54) is 29.7 Å². The van der Waals surface area contributed by atoms with Crippen molar-refractivity contribution in [1.29, 1.82) is 0 Å². The van der Waals surface area contributed by atoms with Gasteiger partial charge < -0.3 is 5.32 Å². The second-order valence-electron chi connectivity index (χ2n) is 5.83. The Morgan fingerprint density at radius 3 is 2.50 bits per heavy atom. The lowest BCUT2D eigenvalue weighted by Crippen LogP contribution is -2.43. The summed E-state index contributed by atoms with van der Waals surface area (Å²) < 4.78 is 0. The molecule has 0 aliphatic carbocycles. The van der Waals surface area contributed by atoms with Crippen LogP contribution in [0.5, 0.6) is 0 Å². The normalized spacial score (nSPS) is 10.2. The highest BCUT2D eigenvalue weighted by Gasteiger charge is 2.10. The predicted octanol–water partition coefficient (Wildman–Crippen LogP) is 4.07. The lowest BCUT2D eigenvalue weighted by molar-refractivity contribution is -0.121. The van der Waals surface area contributed by atoms with Gasteiger partial charge in [-0.1, -0.05) is 31.5 Å². The number of amides is 1. The van der Waals surface area contributed by atoms with Gasteiger partial charge in [0.05, 0.1) is 4.88 Å². The molecule has 0 saturated heterocycles. The first-order chi connectivity index (χ1) is 12.6. The van der Waals surface area contributed by atoms with Crippen LogP contribution in [0.15, 0.2) is 41.8 Å². The van der Waals surface area contributed by atoms with Gasteiger partial charge in [0, 0.05) is 18.5 Å². The van der Waals surface area contributed by atoms with E-state index in [1.807, 2.05) is 23.6 Å². The minimum absolute atomic E-state index is 0.0287. The molecule has 7 heteroatoms. The van der Waals surface area contributed by atoms with Crippen LogP contribution < -0.4 is 16.2 Å². The molecule has 0 unspecified atom stereocenters. The van der Waals surface area contributed by atoms with E-state index < -0.39 is 0 Å². The third kappa shape index (κ3) is 6.93. The molecule has 26 heavy (non-hydrogen) atoms. The lowest BCUT2D eigenvalue weighted by atomic mass is 10.1. The summed E-state index contributed by atoms with van der Waals surface area (Å²) in [6.07, 6.45) is 3.70. The molecule has 1 amide bonds. The molecule has 2 rings (SSSR count). The first-order valence-electron chi connectivity index (χ1n) is 8.60. The molecular weight excluding hydrogens is 366 g/mol. The number of unbranched alkanes of at least 4 members (excludes halogenated alkanes) is 1. The summed E-state index contributed by atoms with van der Waals surface area (Å²) in [5, 5.41) is 5.15. The van der Waals surface area contributed by atoms with Crippen molar-refractivity contribution in [1.82, 2.24) is 10.9 Å². The van der Waals surface area contributed by atoms with E-state index in [4.69, 9.17) is 12.2 Å². The number of carbonyl (C=O) groups excluding carboxylic acids is 2. The highest BCUT2D eigenvalue weighted by atomic mass is 32.1. The van der Waals surface area contributed by atoms with Crippen LogP contribution in [0, 0.1) is 0 Å². The van der Waals surface area contributed by atoms with Crippen molar-refractivity contribution in [2.24, 2.45) is 0 Å². The first kappa shape index (κ1) is 20.1. The molecule has 5 nitrogen and oxygen atoms in total. The molecule has 0 bridgehead atoms. The average Bonchev–Trinajstić information content (AvgIpc) is 3.18. The number of carbonyl (C=O) groups is 2. The molecule has 0 aliphatic rings. The molecule has 1 heterocycles. The van der Waals surface area contributed by atoms with Gasteiger partial charge in [0.1, 0.15) is 0 Å². The van der Waals surface area contributed by atoms with Crippen LogP contribution in [0.1, 0.15) is 47.8 Å². The van der Waals surface area contributed by atoms with Gasteiger partial charge in [-0.25, -0.2) is 0 Å². The Morgan fingerprint density at radius 1 is 1.08 bits per heavy atom. The molecule has 1 aromatic heterocycles. The van der Waals surface area contributed by atoms with E-state index in [2.05, 4.69) is 35.2 Å². The monoisotopic (exact) mass is 389 g/mol. The lowest BCUT2D eigenvalue weighted by Gasteiger charge is -2.12. The summed E-state index contributed by atoms with van der Waals surface area (Å²) in [6.45, 7) is 2.17. The van der Waals surface area contributed by atoms with Gasteiger partial charge in [-0.2, -0.15) is 0 Å². The van der Waals surface area contributed by atoms with Gasteiger partial charge in [-0.3, -0.25) is 20.4 Å². The number of Topliss-reactive ketones (excluding diaryl/α,β-unsaturated/α-hetero) is 1. The maximum atomic E-state index is 11.9. The summed E-state index contributed by atoms with van der Waals surface area (Å²) in [7, 11) is 0. The number of aryl methyl sites for hydroxylation is 1. The van der Waals surface area contributed by atoms with Gasteiger partial charge in [0.25, 0.3) is 0 Å². The number of thiophene rings is 1. The SMILES string of the molecule is CCCCc1ccc(NC(=S)NNC(=O)CCC(=O)c2cccs2)cc1. The third-order valence-corrected chi connectivity index (χ3v) is 4.84. The van der Waals surface area contributed by atoms with Gasteiger partial charge in [-0.05, 0) is 54.2 Å². The summed E-state index contributed by atoms with van der Waals surface area (Å²) in [4.78, 5) is 24.3. The zero-order chi connectivity index (χ0) is 18.8. The van der Waals surface area contributed by atoms with Gasteiger partial charge >= 0.3 is 0 Å². The number of hydrogen-bond acceptors (Lipinski definition) is 4. The molecule has 0 saturated carbocycles. The molecule has 138 valence electrons. The zero-order valence-electron chi connectivity index (χ0n) is 14.7. The molecule has 1 aromatic carbocycles.